The molecule has 4 rings (SSSR count). The summed E-state index contributed by atoms with van der Waals surface area (Å²) in [5, 5.41) is 15.3. The zero-order valence-electron chi connectivity index (χ0n) is 17.1. The second-order valence-corrected chi connectivity index (χ2v) is 7.16. The number of carbonyl (C=O) groups excluding carboxylic acids is 2. The molecule has 0 saturated carbocycles. The van der Waals surface area contributed by atoms with Crippen LogP contribution in [0.1, 0.15) is 40.5 Å². The van der Waals surface area contributed by atoms with E-state index in [-0.39, 0.29) is 17.6 Å². The fourth-order valence-electron chi connectivity index (χ4n) is 3.59. The highest BCUT2D eigenvalue weighted by Gasteiger charge is 2.32. The van der Waals surface area contributed by atoms with Gasteiger partial charge in [0.15, 0.2) is 0 Å². The molecule has 0 radical (unpaired) electrons. The Labute approximate surface area is 179 Å². The van der Waals surface area contributed by atoms with Crippen LogP contribution < -0.4 is 5.43 Å². The largest absolute Gasteiger partial charge is 0.506 e. The van der Waals surface area contributed by atoms with Crippen LogP contribution in [0.2, 0.25) is 0 Å². The summed E-state index contributed by atoms with van der Waals surface area (Å²) in [7, 11) is 0. The maximum Gasteiger partial charge on any atom is 0.261 e. The van der Waals surface area contributed by atoms with Crippen molar-refractivity contribution >= 4 is 46.4 Å². The van der Waals surface area contributed by atoms with Gasteiger partial charge in [0, 0.05) is 34.7 Å². The van der Waals surface area contributed by atoms with Crippen molar-refractivity contribution in [1.29, 1.82) is 0 Å². The van der Waals surface area contributed by atoms with Crippen LogP contribution in [0.3, 0.4) is 0 Å². The van der Waals surface area contributed by atoms with Crippen molar-refractivity contribution in [1.82, 2.24) is 4.90 Å². The summed E-state index contributed by atoms with van der Waals surface area (Å²) in [6, 6.07) is 15.7. The van der Waals surface area contributed by atoms with Gasteiger partial charge in [0.25, 0.3) is 11.8 Å². The number of aliphatic imine (C=N–C) groups is 1. The topological polar surface area (TPSA) is 94.4 Å². The van der Waals surface area contributed by atoms with Crippen molar-refractivity contribution in [2.75, 3.05) is 12.0 Å². The van der Waals surface area contributed by atoms with E-state index in [2.05, 4.69) is 15.5 Å². The number of nitrogens with zero attached hydrogens (tertiary/aromatic N) is 3. The first-order valence-corrected chi connectivity index (χ1v) is 10.1. The molecule has 3 aromatic rings. The molecule has 0 bridgehead atoms. The van der Waals surface area contributed by atoms with E-state index < -0.39 is 0 Å². The number of para-hydroxylation sites is 2. The number of unbranched alkanes of at least 4 members (excludes halogenated alkanes) is 1. The molecule has 7 nitrogen and oxygen atoms in total. The number of hydrazone groups is 1. The minimum atomic E-state index is -0.257. The summed E-state index contributed by atoms with van der Waals surface area (Å²) < 4.78 is 0. The van der Waals surface area contributed by atoms with Gasteiger partial charge in [0.1, 0.15) is 11.4 Å². The van der Waals surface area contributed by atoms with Crippen LogP contribution in [0, 0.1) is 0 Å². The number of imide groups is 1. The van der Waals surface area contributed by atoms with Crippen LogP contribution in [0.15, 0.2) is 64.7 Å². The van der Waals surface area contributed by atoms with Gasteiger partial charge in [-0.2, -0.15) is 5.10 Å². The molecular weight excluding hydrogens is 392 g/mol. The molecule has 31 heavy (non-hydrogen) atoms. The first kappa shape index (κ1) is 20.3. The van der Waals surface area contributed by atoms with Crippen LogP contribution in [-0.4, -0.2) is 40.8 Å². The van der Waals surface area contributed by atoms with E-state index >= 15 is 0 Å². The summed E-state index contributed by atoms with van der Waals surface area (Å²) in [4.78, 5) is 31.3. The van der Waals surface area contributed by atoms with Crippen molar-refractivity contribution in [3.05, 3.63) is 65.7 Å². The zero-order chi connectivity index (χ0) is 21.8. The molecule has 0 spiro atoms. The lowest BCUT2D eigenvalue weighted by molar-refractivity contribution is 0.0608. The van der Waals surface area contributed by atoms with Crippen molar-refractivity contribution in [2.24, 2.45) is 10.1 Å². The molecule has 0 atom stereocenters. The van der Waals surface area contributed by atoms with Crippen molar-refractivity contribution in [2.45, 2.75) is 19.8 Å². The van der Waals surface area contributed by atoms with E-state index in [9.17, 15) is 14.7 Å². The molecule has 1 aliphatic rings. The van der Waals surface area contributed by atoms with E-state index in [0.717, 1.165) is 18.2 Å². The second kappa shape index (κ2) is 8.79. The first-order valence-electron chi connectivity index (χ1n) is 10.1. The average Bonchev–Trinajstić information content (AvgIpc) is 2.78. The number of carbonyl (C=O) groups is 2. The molecule has 2 N–H and O–H groups in total. The summed E-state index contributed by atoms with van der Waals surface area (Å²) in [6.45, 7) is 2.45. The van der Waals surface area contributed by atoms with Gasteiger partial charge >= 0.3 is 0 Å². The highest BCUT2D eigenvalue weighted by Crippen LogP contribution is 2.34. The standard InChI is InChI=1S/C24H22N4O3/c1-2-3-15-28-23(30)17-8-6-7-16-19(12-11-18(22(16)17)24(28)31)27-26-14-13-25-20-9-4-5-10-21(20)29/h4-14,27,29H,2-3,15H2,1H3/b25-13?,26-14+. The van der Waals surface area contributed by atoms with Gasteiger partial charge in [-0.25, -0.2) is 0 Å². The molecule has 7 heteroatoms. The van der Waals surface area contributed by atoms with Gasteiger partial charge in [-0.15, -0.1) is 0 Å². The Morgan fingerprint density at radius 3 is 2.52 bits per heavy atom. The lowest BCUT2D eigenvalue weighted by Gasteiger charge is -2.27. The molecule has 0 unspecified atom stereocenters. The number of aromatic hydroxyl groups is 1. The zero-order valence-corrected chi connectivity index (χ0v) is 17.1. The Hall–Kier alpha value is -4.00. The molecule has 1 heterocycles. The number of phenols is 1. The number of benzene rings is 3. The lowest BCUT2D eigenvalue weighted by atomic mass is 9.93. The number of nitrogens with one attached hydrogen (secondary N) is 1. The maximum atomic E-state index is 12.9. The molecule has 0 aliphatic carbocycles. The highest BCUT2D eigenvalue weighted by molar-refractivity contribution is 6.26. The van der Waals surface area contributed by atoms with Crippen molar-refractivity contribution in [3.63, 3.8) is 0 Å². The van der Waals surface area contributed by atoms with Gasteiger partial charge in [-0.05, 0) is 36.8 Å². The molecule has 0 saturated heterocycles. The smallest absolute Gasteiger partial charge is 0.261 e. The summed E-state index contributed by atoms with van der Waals surface area (Å²) >= 11 is 0. The molecule has 2 amide bonds. The number of hydrogen-bond donors (Lipinski definition) is 2. The summed E-state index contributed by atoms with van der Waals surface area (Å²) in [6.07, 6.45) is 4.61. The molecule has 156 valence electrons. The van der Waals surface area contributed by atoms with Gasteiger partial charge < -0.3 is 5.11 Å². The molecule has 3 aromatic carbocycles. The lowest BCUT2D eigenvalue weighted by Crippen LogP contribution is -2.40. The van der Waals surface area contributed by atoms with E-state index in [1.807, 2.05) is 19.1 Å². The number of hydrogen-bond acceptors (Lipinski definition) is 6. The maximum absolute atomic E-state index is 12.9. The Morgan fingerprint density at radius 2 is 1.74 bits per heavy atom. The van der Waals surface area contributed by atoms with Crippen LogP contribution in [0.25, 0.3) is 10.8 Å². The Kier molecular flexibility index (Phi) is 5.75. The minimum Gasteiger partial charge on any atom is -0.506 e. The van der Waals surface area contributed by atoms with Crippen LogP contribution in [0.5, 0.6) is 5.75 Å². The highest BCUT2D eigenvalue weighted by atomic mass is 16.3. The summed E-state index contributed by atoms with van der Waals surface area (Å²) in [5.41, 5.74) is 5.12. The third-order valence-corrected chi connectivity index (χ3v) is 5.15. The first-order chi connectivity index (χ1) is 15.1. The number of amides is 2. The predicted octanol–water partition coefficient (Wildman–Crippen LogP) is 4.74. The van der Waals surface area contributed by atoms with Gasteiger partial charge in [-0.3, -0.25) is 24.9 Å². The van der Waals surface area contributed by atoms with Crippen molar-refractivity contribution < 1.29 is 14.7 Å². The molecular formula is C24H22N4O3. The second-order valence-electron chi connectivity index (χ2n) is 7.16. The van der Waals surface area contributed by atoms with E-state index in [4.69, 9.17) is 0 Å². The van der Waals surface area contributed by atoms with E-state index in [0.29, 0.717) is 34.4 Å². The van der Waals surface area contributed by atoms with Gasteiger partial charge in [0.2, 0.25) is 0 Å². The van der Waals surface area contributed by atoms with E-state index in [1.165, 1.54) is 17.3 Å². The van der Waals surface area contributed by atoms with Gasteiger partial charge in [0.05, 0.1) is 11.9 Å². The van der Waals surface area contributed by atoms with Crippen LogP contribution >= 0.6 is 0 Å². The van der Waals surface area contributed by atoms with Crippen LogP contribution in [0.4, 0.5) is 11.4 Å². The quantitative estimate of drug-likeness (QED) is 0.332. The SMILES string of the molecule is CCCCN1C(=O)c2cccc3c(N/N=C/C=Nc4ccccc4O)ccc(c23)C1=O. The molecule has 0 aromatic heterocycles. The molecule has 1 aliphatic heterocycles. The fraction of sp³-hybridized carbons (Fsp3) is 0.167. The number of phenolic OH excluding ortho intramolecular Hbond substituents is 1. The number of anilines is 1. The third kappa shape index (κ3) is 3.90. The average molecular weight is 414 g/mol. The Morgan fingerprint density at radius 1 is 0.968 bits per heavy atom. The van der Waals surface area contributed by atoms with Gasteiger partial charge in [-0.1, -0.05) is 37.6 Å². The normalized spacial score (nSPS) is 13.6. The Bertz CT molecular complexity index is 1190. The third-order valence-electron chi connectivity index (χ3n) is 5.15. The van der Waals surface area contributed by atoms with E-state index in [1.54, 1.807) is 42.5 Å². The number of rotatable bonds is 7. The van der Waals surface area contributed by atoms with Crippen molar-refractivity contribution in [3.8, 4) is 5.75 Å². The minimum absolute atomic E-state index is 0.0889. The molecule has 0 fully saturated rings. The van der Waals surface area contributed by atoms with Crippen LogP contribution in [-0.2, 0) is 0 Å². The summed E-state index contributed by atoms with van der Waals surface area (Å²) in [5.74, 6) is -0.426. The Balaban J connectivity index is 1.60. The monoisotopic (exact) mass is 414 g/mol. The fourth-order valence-corrected chi connectivity index (χ4v) is 3.59. The predicted molar refractivity (Wildman–Crippen MR) is 123 cm³/mol.